The molecule has 2 aromatic carbocycles. The molecule has 1 atom stereocenters. The number of carbonyl (C=O) groups excluding carboxylic acids is 1. The van der Waals surface area contributed by atoms with Crippen LogP contribution in [-0.2, 0) is 28.6 Å². The predicted octanol–water partition coefficient (Wildman–Crippen LogP) is 3.45. The molecule has 0 spiro atoms. The van der Waals surface area contributed by atoms with Crippen molar-refractivity contribution in [3.05, 3.63) is 75.6 Å². The molecule has 134 valence electrons. The summed E-state index contributed by atoms with van der Waals surface area (Å²) in [6, 6.07) is 13.6. The van der Waals surface area contributed by atoms with Crippen LogP contribution in [0.1, 0.15) is 28.4 Å². The van der Waals surface area contributed by atoms with Crippen molar-refractivity contribution < 1.29 is 18.2 Å². The van der Waals surface area contributed by atoms with Gasteiger partial charge in [0.15, 0.2) is 0 Å². The number of fused-ring (bicyclic) bond motifs is 1. The molecule has 1 aromatic heterocycles. The van der Waals surface area contributed by atoms with Crippen LogP contribution in [0.4, 0.5) is 0 Å². The fourth-order valence-corrected chi connectivity index (χ4v) is 3.45. The van der Waals surface area contributed by atoms with Gasteiger partial charge in [-0.15, -0.1) is 0 Å². The Morgan fingerprint density at radius 3 is 2.65 bits per heavy atom. The molecular formula is C20H18O5S. The molecule has 0 aliphatic carbocycles. The molecule has 0 unspecified atom stereocenters. The standard InChI is InChI=1S/C20H18O5S/c1-3-13-8-9-15-14(11-19(21)25-17(15)10-13)12-24-20(22)16-6-4-5-7-18(16)26(2)23/h4-11H,3,12H2,1-2H3/t26-/m0/s1. The van der Waals surface area contributed by atoms with Crippen molar-refractivity contribution in [2.24, 2.45) is 0 Å². The van der Waals surface area contributed by atoms with Gasteiger partial charge in [-0.05, 0) is 30.2 Å². The summed E-state index contributed by atoms with van der Waals surface area (Å²) in [5.74, 6) is -0.581. The highest BCUT2D eigenvalue weighted by Crippen LogP contribution is 2.21. The van der Waals surface area contributed by atoms with E-state index >= 15 is 0 Å². The van der Waals surface area contributed by atoms with Gasteiger partial charge in [-0.25, -0.2) is 9.59 Å². The summed E-state index contributed by atoms with van der Waals surface area (Å²) in [5, 5.41) is 0.724. The zero-order valence-electron chi connectivity index (χ0n) is 14.5. The molecule has 0 fully saturated rings. The Hall–Kier alpha value is -2.73. The van der Waals surface area contributed by atoms with Gasteiger partial charge in [0.1, 0.15) is 12.2 Å². The van der Waals surface area contributed by atoms with Crippen molar-refractivity contribution in [3.8, 4) is 0 Å². The minimum atomic E-state index is -1.30. The molecular weight excluding hydrogens is 352 g/mol. The molecule has 6 heteroatoms. The van der Waals surface area contributed by atoms with E-state index in [1.165, 1.54) is 12.3 Å². The number of rotatable bonds is 5. The topological polar surface area (TPSA) is 73.6 Å². The van der Waals surface area contributed by atoms with Crippen LogP contribution in [0.2, 0.25) is 0 Å². The number of aryl methyl sites for hydroxylation is 1. The molecule has 3 aromatic rings. The Kier molecular flexibility index (Phi) is 5.32. The maximum absolute atomic E-state index is 12.4. The number of benzene rings is 2. The molecule has 3 rings (SSSR count). The second kappa shape index (κ2) is 7.66. The largest absolute Gasteiger partial charge is 0.457 e. The summed E-state index contributed by atoms with van der Waals surface area (Å²) >= 11 is 0. The summed E-state index contributed by atoms with van der Waals surface area (Å²) in [6.07, 6.45) is 2.33. The van der Waals surface area contributed by atoms with E-state index in [0.717, 1.165) is 17.4 Å². The van der Waals surface area contributed by atoms with Crippen LogP contribution >= 0.6 is 0 Å². The number of esters is 1. The van der Waals surface area contributed by atoms with Gasteiger partial charge in [0.25, 0.3) is 0 Å². The predicted molar refractivity (Wildman–Crippen MR) is 99.8 cm³/mol. The van der Waals surface area contributed by atoms with E-state index < -0.39 is 22.4 Å². The number of carbonyl (C=O) groups is 1. The van der Waals surface area contributed by atoms with Gasteiger partial charge in [0.05, 0.1) is 21.3 Å². The second-order valence-electron chi connectivity index (χ2n) is 5.80. The quantitative estimate of drug-likeness (QED) is 0.508. The third-order valence-electron chi connectivity index (χ3n) is 4.08. The van der Waals surface area contributed by atoms with Crippen LogP contribution < -0.4 is 5.63 Å². The first-order valence-corrected chi connectivity index (χ1v) is 9.70. The molecule has 0 bridgehead atoms. The van der Waals surface area contributed by atoms with E-state index in [0.29, 0.717) is 16.0 Å². The van der Waals surface area contributed by atoms with Gasteiger partial charge in [-0.1, -0.05) is 31.2 Å². The summed E-state index contributed by atoms with van der Waals surface area (Å²) in [4.78, 5) is 24.6. The number of ether oxygens (including phenoxy) is 1. The van der Waals surface area contributed by atoms with Gasteiger partial charge < -0.3 is 9.15 Å². The molecule has 0 aliphatic rings. The van der Waals surface area contributed by atoms with Gasteiger partial charge in [-0.2, -0.15) is 0 Å². The van der Waals surface area contributed by atoms with Crippen molar-refractivity contribution in [1.82, 2.24) is 0 Å². The van der Waals surface area contributed by atoms with E-state index in [4.69, 9.17) is 9.15 Å². The fourth-order valence-electron chi connectivity index (χ4n) is 2.72. The Morgan fingerprint density at radius 1 is 1.15 bits per heavy atom. The van der Waals surface area contributed by atoms with E-state index in [2.05, 4.69) is 0 Å². The maximum Gasteiger partial charge on any atom is 0.339 e. The Morgan fingerprint density at radius 2 is 1.92 bits per heavy atom. The first-order chi connectivity index (χ1) is 12.5. The van der Waals surface area contributed by atoms with E-state index in [1.807, 2.05) is 25.1 Å². The summed E-state index contributed by atoms with van der Waals surface area (Å²) in [5.41, 5.74) is 1.86. The Balaban J connectivity index is 1.89. The molecule has 0 amide bonds. The summed E-state index contributed by atoms with van der Waals surface area (Å²) < 4.78 is 22.4. The monoisotopic (exact) mass is 370 g/mol. The molecule has 0 saturated carbocycles. The van der Waals surface area contributed by atoms with Crippen molar-refractivity contribution in [3.63, 3.8) is 0 Å². The van der Waals surface area contributed by atoms with E-state index in [9.17, 15) is 13.8 Å². The highest BCUT2D eigenvalue weighted by molar-refractivity contribution is 7.84. The van der Waals surface area contributed by atoms with E-state index in [-0.39, 0.29) is 12.2 Å². The SMILES string of the molecule is CCc1ccc2c(COC(=O)c3ccccc3[S@](C)=O)cc(=O)oc2c1. The summed E-state index contributed by atoms with van der Waals surface area (Å²) in [7, 11) is -1.30. The lowest BCUT2D eigenvalue weighted by Crippen LogP contribution is -2.10. The van der Waals surface area contributed by atoms with Gasteiger partial charge in [0.2, 0.25) is 0 Å². The van der Waals surface area contributed by atoms with Crippen molar-refractivity contribution in [1.29, 1.82) is 0 Å². The van der Waals surface area contributed by atoms with Crippen molar-refractivity contribution >= 4 is 27.7 Å². The maximum atomic E-state index is 12.4. The van der Waals surface area contributed by atoms with Crippen LogP contribution in [0.3, 0.4) is 0 Å². The first-order valence-electron chi connectivity index (χ1n) is 8.15. The lowest BCUT2D eigenvalue weighted by atomic mass is 10.1. The minimum absolute atomic E-state index is 0.0723. The van der Waals surface area contributed by atoms with Gasteiger partial charge in [0, 0.05) is 23.3 Å². The Bertz CT molecular complexity index is 1050. The third-order valence-corrected chi connectivity index (χ3v) is 5.05. The zero-order chi connectivity index (χ0) is 18.7. The molecule has 0 saturated heterocycles. The number of hydrogen-bond acceptors (Lipinski definition) is 5. The lowest BCUT2D eigenvalue weighted by Gasteiger charge is -2.10. The van der Waals surface area contributed by atoms with Crippen LogP contribution in [0, 0.1) is 0 Å². The van der Waals surface area contributed by atoms with E-state index in [1.54, 1.807) is 24.3 Å². The average Bonchev–Trinajstić information content (AvgIpc) is 2.65. The molecule has 26 heavy (non-hydrogen) atoms. The number of hydrogen-bond donors (Lipinski definition) is 0. The van der Waals surface area contributed by atoms with Crippen LogP contribution in [0.15, 0.2) is 62.6 Å². The van der Waals surface area contributed by atoms with Gasteiger partial charge >= 0.3 is 11.6 Å². The van der Waals surface area contributed by atoms with Crippen LogP contribution in [-0.4, -0.2) is 16.4 Å². The normalized spacial score (nSPS) is 12.1. The molecule has 0 N–H and O–H groups in total. The van der Waals surface area contributed by atoms with Crippen molar-refractivity contribution in [2.45, 2.75) is 24.8 Å². The summed E-state index contributed by atoms with van der Waals surface area (Å²) in [6.45, 7) is 1.94. The molecule has 0 aliphatic heterocycles. The first kappa shape index (κ1) is 18.1. The minimum Gasteiger partial charge on any atom is -0.457 e. The lowest BCUT2D eigenvalue weighted by molar-refractivity contribution is 0.0469. The smallest absolute Gasteiger partial charge is 0.339 e. The van der Waals surface area contributed by atoms with Crippen LogP contribution in [0.5, 0.6) is 0 Å². The van der Waals surface area contributed by atoms with Gasteiger partial charge in [-0.3, -0.25) is 4.21 Å². The fraction of sp³-hybridized carbons (Fsp3) is 0.200. The van der Waals surface area contributed by atoms with Crippen molar-refractivity contribution in [2.75, 3.05) is 6.26 Å². The molecule has 5 nitrogen and oxygen atoms in total. The average molecular weight is 370 g/mol. The Labute approximate surface area is 153 Å². The molecule has 0 radical (unpaired) electrons. The highest BCUT2D eigenvalue weighted by atomic mass is 32.2. The van der Waals surface area contributed by atoms with Crippen LogP contribution in [0.25, 0.3) is 11.0 Å². The third kappa shape index (κ3) is 3.75. The molecule has 1 heterocycles. The zero-order valence-corrected chi connectivity index (χ0v) is 15.3. The highest BCUT2D eigenvalue weighted by Gasteiger charge is 2.16. The second-order valence-corrected chi connectivity index (χ2v) is 7.15.